The van der Waals surface area contributed by atoms with Gasteiger partial charge in [0.2, 0.25) is 0 Å². The van der Waals surface area contributed by atoms with Crippen LogP contribution in [0.2, 0.25) is 0 Å². The summed E-state index contributed by atoms with van der Waals surface area (Å²) in [6.45, 7) is 5.42. The van der Waals surface area contributed by atoms with Gasteiger partial charge in [-0.05, 0) is 36.6 Å². The van der Waals surface area contributed by atoms with E-state index >= 15 is 0 Å². The molecule has 0 aliphatic carbocycles. The van der Waals surface area contributed by atoms with Crippen molar-refractivity contribution in [3.8, 4) is 0 Å². The number of anilines is 1. The van der Waals surface area contributed by atoms with Gasteiger partial charge >= 0.3 is 0 Å². The quantitative estimate of drug-likeness (QED) is 0.835. The Bertz CT molecular complexity index is 319. The second-order valence-corrected chi connectivity index (χ2v) is 5.47. The molecule has 1 N–H and O–H groups in total. The fourth-order valence-corrected chi connectivity index (χ4v) is 1.79. The Morgan fingerprint density at radius 1 is 1.27 bits per heavy atom. The Labute approximate surface area is 94.5 Å². The van der Waals surface area contributed by atoms with Crippen LogP contribution in [-0.2, 0) is 10.8 Å². The molecule has 0 fully saturated rings. The van der Waals surface area contributed by atoms with Crippen LogP contribution in [0.25, 0.3) is 0 Å². The largest absolute Gasteiger partial charge is 0.385 e. The molecule has 0 bridgehead atoms. The van der Waals surface area contributed by atoms with Gasteiger partial charge in [0, 0.05) is 34.2 Å². The molecule has 0 unspecified atom stereocenters. The molecule has 1 atom stereocenters. The van der Waals surface area contributed by atoms with Crippen LogP contribution in [0.4, 0.5) is 5.69 Å². The van der Waals surface area contributed by atoms with Gasteiger partial charge in [0.1, 0.15) is 0 Å². The van der Waals surface area contributed by atoms with E-state index in [1.165, 1.54) is 6.42 Å². The van der Waals surface area contributed by atoms with E-state index in [4.69, 9.17) is 0 Å². The summed E-state index contributed by atoms with van der Waals surface area (Å²) in [6, 6.07) is 7.79. The predicted molar refractivity (Wildman–Crippen MR) is 66.7 cm³/mol. The number of hydrogen-bond acceptors (Lipinski definition) is 2. The summed E-state index contributed by atoms with van der Waals surface area (Å²) in [5, 5.41) is 3.34. The van der Waals surface area contributed by atoms with E-state index < -0.39 is 10.8 Å². The van der Waals surface area contributed by atoms with Crippen LogP contribution in [0.1, 0.15) is 20.3 Å². The lowest BCUT2D eigenvalue weighted by Crippen LogP contribution is -2.04. The van der Waals surface area contributed by atoms with Crippen LogP contribution in [-0.4, -0.2) is 17.0 Å². The third kappa shape index (κ3) is 4.47. The van der Waals surface area contributed by atoms with Gasteiger partial charge < -0.3 is 5.32 Å². The van der Waals surface area contributed by atoms with Crippen molar-refractivity contribution in [1.82, 2.24) is 0 Å². The molecule has 15 heavy (non-hydrogen) atoms. The fourth-order valence-electron chi connectivity index (χ4n) is 1.27. The summed E-state index contributed by atoms with van der Waals surface area (Å²) in [5.74, 6) is 0.722. The summed E-state index contributed by atoms with van der Waals surface area (Å²) < 4.78 is 11.2. The van der Waals surface area contributed by atoms with Gasteiger partial charge in [-0.25, -0.2) is 0 Å². The molecule has 0 saturated carbocycles. The van der Waals surface area contributed by atoms with Crippen molar-refractivity contribution in [1.29, 1.82) is 0 Å². The zero-order valence-corrected chi connectivity index (χ0v) is 10.4. The Morgan fingerprint density at radius 3 is 2.33 bits per heavy atom. The van der Waals surface area contributed by atoms with E-state index in [1.807, 2.05) is 24.3 Å². The second kappa shape index (κ2) is 5.91. The maximum Gasteiger partial charge on any atom is 0.0498 e. The fraction of sp³-hybridized carbons (Fsp3) is 0.500. The Balaban J connectivity index is 2.46. The van der Waals surface area contributed by atoms with Crippen molar-refractivity contribution >= 4 is 16.5 Å². The van der Waals surface area contributed by atoms with Crippen LogP contribution in [0.5, 0.6) is 0 Å². The van der Waals surface area contributed by atoms with Crippen LogP contribution in [0, 0.1) is 5.92 Å². The smallest absolute Gasteiger partial charge is 0.0498 e. The third-order valence-corrected chi connectivity index (χ3v) is 3.17. The van der Waals surface area contributed by atoms with Crippen LogP contribution in [0.15, 0.2) is 29.2 Å². The van der Waals surface area contributed by atoms with Crippen molar-refractivity contribution in [3.05, 3.63) is 24.3 Å². The average Bonchev–Trinajstić information content (AvgIpc) is 2.18. The minimum absolute atomic E-state index is 0.722. The van der Waals surface area contributed by atoms with Crippen LogP contribution >= 0.6 is 0 Å². The first-order valence-electron chi connectivity index (χ1n) is 5.27. The van der Waals surface area contributed by atoms with Crippen LogP contribution < -0.4 is 5.32 Å². The van der Waals surface area contributed by atoms with Gasteiger partial charge in [0.05, 0.1) is 0 Å². The topological polar surface area (TPSA) is 29.1 Å². The molecule has 1 aromatic rings. The molecule has 0 saturated heterocycles. The molecule has 1 aromatic carbocycles. The first-order valence-corrected chi connectivity index (χ1v) is 6.82. The van der Waals surface area contributed by atoms with Crippen molar-refractivity contribution < 1.29 is 4.21 Å². The molecular weight excluding hydrogens is 206 g/mol. The van der Waals surface area contributed by atoms with E-state index in [0.29, 0.717) is 0 Å². The molecule has 1 rings (SSSR count). The first-order chi connectivity index (χ1) is 7.09. The van der Waals surface area contributed by atoms with E-state index in [-0.39, 0.29) is 0 Å². The Morgan fingerprint density at radius 2 is 1.87 bits per heavy atom. The minimum atomic E-state index is -0.878. The SMILES string of the molecule is CC(C)CCNc1ccc([S@](C)=O)cc1. The molecule has 0 heterocycles. The van der Waals surface area contributed by atoms with Gasteiger partial charge in [-0.2, -0.15) is 0 Å². The number of rotatable bonds is 5. The lowest BCUT2D eigenvalue weighted by molar-refractivity contribution is 0.607. The van der Waals surface area contributed by atoms with Gasteiger partial charge in [0.15, 0.2) is 0 Å². The maximum atomic E-state index is 11.2. The summed E-state index contributed by atoms with van der Waals surface area (Å²) in [7, 11) is -0.878. The van der Waals surface area contributed by atoms with E-state index in [1.54, 1.807) is 6.26 Å². The number of benzene rings is 1. The monoisotopic (exact) mass is 225 g/mol. The van der Waals surface area contributed by atoms with Crippen molar-refractivity contribution in [2.24, 2.45) is 5.92 Å². The van der Waals surface area contributed by atoms with E-state index in [0.717, 1.165) is 23.0 Å². The predicted octanol–water partition coefficient (Wildman–Crippen LogP) is 2.88. The summed E-state index contributed by atoms with van der Waals surface area (Å²) in [6.07, 6.45) is 2.86. The lowest BCUT2D eigenvalue weighted by atomic mass is 10.1. The van der Waals surface area contributed by atoms with Crippen LogP contribution in [0.3, 0.4) is 0 Å². The minimum Gasteiger partial charge on any atom is -0.385 e. The molecule has 2 nitrogen and oxygen atoms in total. The molecule has 3 heteroatoms. The highest BCUT2D eigenvalue weighted by Gasteiger charge is 1.98. The average molecular weight is 225 g/mol. The van der Waals surface area contributed by atoms with E-state index in [2.05, 4.69) is 19.2 Å². The molecule has 0 aliphatic rings. The second-order valence-electron chi connectivity index (χ2n) is 4.09. The highest BCUT2D eigenvalue weighted by molar-refractivity contribution is 7.84. The van der Waals surface area contributed by atoms with Crippen molar-refractivity contribution in [2.45, 2.75) is 25.2 Å². The number of hydrogen-bond donors (Lipinski definition) is 1. The zero-order chi connectivity index (χ0) is 11.3. The summed E-state index contributed by atoms with van der Waals surface area (Å²) in [5.41, 5.74) is 1.10. The summed E-state index contributed by atoms with van der Waals surface area (Å²) >= 11 is 0. The molecule has 0 radical (unpaired) electrons. The van der Waals surface area contributed by atoms with Crippen molar-refractivity contribution in [2.75, 3.05) is 18.1 Å². The van der Waals surface area contributed by atoms with Crippen molar-refractivity contribution in [3.63, 3.8) is 0 Å². The van der Waals surface area contributed by atoms with Gasteiger partial charge in [0.25, 0.3) is 0 Å². The molecule has 0 spiro atoms. The standard InChI is InChI=1S/C12H19NOS/c1-10(2)8-9-13-11-4-6-12(7-5-11)15(3)14/h4-7,10,13H,8-9H2,1-3H3/t15-/m0/s1. The maximum absolute atomic E-state index is 11.2. The Kier molecular flexibility index (Phi) is 4.82. The third-order valence-electron chi connectivity index (χ3n) is 2.24. The summed E-state index contributed by atoms with van der Waals surface area (Å²) in [4.78, 5) is 0.879. The zero-order valence-electron chi connectivity index (χ0n) is 9.62. The number of nitrogens with one attached hydrogen (secondary N) is 1. The normalized spacial score (nSPS) is 12.8. The van der Waals surface area contributed by atoms with Gasteiger partial charge in [-0.15, -0.1) is 0 Å². The van der Waals surface area contributed by atoms with Gasteiger partial charge in [-0.1, -0.05) is 13.8 Å². The molecule has 0 amide bonds. The lowest BCUT2D eigenvalue weighted by Gasteiger charge is -2.08. The van der Waals surface area contributed by atoms with E-state index in [9.17, 15) is 4.21 Å². The molecule has 84 valence electrons. The highest BCUT2D eigenvalue weighted by atomic mass is 32.2. The molecule has 0 aromatic heterocycles. The van der Waals surface area contributed by atoms with Gasteiger partial charge in [-0.3, -0.25) is 4.21 Å². The highest BCUT2D eigenvalue weighted by Crippen LogP contribution is 2.12. The molecular formula is C12H19NOS. The first kappa shape index (κ1) is 12.2. The molecule has 0 aliphatic heterocycles. The Hall–Kier alpha value is -0.830.